The Labute approximate surface area is 402 Å². The van der Waals surface area contributed by atoms with Crippen molar-refractivity contribution in [2.24, 2.45) is 0 Å². The molecular formula is C68H42O. The maximum absolute atomic E-state index is 7.05. The lowest BCUT2D eigenvalue weighted by atomic mass is 9.70. The van der Waals surface area contributed by atoms with Crippen LogP contribution in [0.1, 0.15) is 68.0 Å². The minimum Gasteiger partial charge on any atom is -0.456 e. The van der Waals surface area contributed by atoms with Gasteiger partial charge in [0.1, 0.15) is 11.5 Å². The van der Waals surface area contributed by atoms with Gasteiger partial charge in [0, 0.05) is 17.1 Å². The number of benzene rings is 10. The molecule has 1 heteroatoms. The Morgan fingerprint density at radius 1 is 0.319 bits per heavy atom. The molecule has 0 radical (unpaired) electrons. The minimum absolute atomic E-state index is 0.170. The number of ether oxygens (including phenoxy) is 1. The van der Waals surface area contributed by atoms with Crippen molar-refractivity contribution < 1.29 is 4.74 Å². The van der Waals surface area contributed by atoms with E-state index in [-0.39, 0.29) is 11.3 Å². The summed E-state index contributed by atoms with van der Waals surface area (Å²) in [5.41, 5.74) is 29.1. The van der Waals surface area contributed by atoms with Crippen molar-refractivity contribution in [3.8, 4) is 72.5 Å². The van der Waals surface area contributed by atoms with Gasteiger partial charge in [0.2, 0.25) is 0 Å². The van der Waals surface area contributed by atoms with Gasteiger partial charge in [0.15, 0.2) is 0 Å². The maximum atomic E-state index is 7.05. The molecular weight excluding hydrogens is 833 g/mol. The van der Waals surface area contributed by atoms with E-state index in [1.165, 1.54) is 117 Å². The summed E-state index contributed by atoms with van der Waals surface area (Å²) < 4.78 is 7.05. The molecule has 1 heterocycles. The molecule has 320 valence electrons. The molecule has 69 heavy (non-hydrogen) atoms. The second-order valence-corrected chi connectivity index (χ2v) is 19.7. The maximum Gasteiger partial charge on any atom is 0.135 e. The Hall–Kier alpha value is -8.52. The third kappa shape index (κ3) is 4.70. The minimum atomic E-state index is -0.392. The van der Waals surface area contributed by atoms with Crippen LogP contribution in [0.5, 0.6) is 5.75 Å². The molecule has 0 amide bonds. The van der Waals surface area contributed by atoms with Gasteiger partial charge in [-0.15, -0.1) is 0 Å². The van der Waals surface area contributed by atoms with Crippen LogP contribution in [0.3, 0.4) is 0 Å². The van der Waals surface area contributed by atoms with Gasteiger partial charge in [-0.1, -0.05) is 212 Å². The van der Waals surface area contributed by atoms with Crippen LogP contribution in [0.25, 0.3) is 72.3 Å². The van der Waals surface area contributed by atoms with Gasteiger partial charge in [-0.3, -0.25) is 0 Å². The molecule has 1 nitrogen and oxygen atoms in total. The molecule has 0 saturated carbocycles. The van der Waals surface area contributed by atoms with Crippen LogP contribution in [0, 0.1) is 0 Å². The second kappa shape index (κ2) is 13.6. The number of allylic oxidation sites excluding steroid dienone is 3. The summed E-state index contributed by atoms with van der Waals surface area (Å²) in [6.45, 7) is 0. The molecule has 1 atom stereocenters. The van der Waals surface area contributed by atoms with Gasteiger partial charge in [-0.05, 0) is 148 Å². The number of hydrogen-bond acceptors (Lipinski definition) is 1. The van der Waals surface area contributed by atoms with Gasteiger partial charge in [0.25, 0.3) is 0 Å². The molecule has 0 aromatic heterocycles. The number of fused-ring (bicyclic) bond motifs is 25. The Kier molecular flexibility index (Phi) is 7.38. The average molecular weight is 875 g/mol. The lowest BCUT2D eigenvalue weighted by Crippen LogP contribution is -2.26. The lowest BCUT2D eigenvalue weighted by Gasteiger charge is -2.31. The van der Waals surface area contributed by atoms with E-state index in [1.54, 1.807) is 0 Å². The summed E-state index contributed by atoms with van der Waals surface area (Å²) in [5, 5.41) is 0. The smallest absolute Gasteiger partial charge is 0.135 e. The Morgan fingerprint density at radius 3 is 1.22 bits per heavy atom. The highest BCUT2D eigenvalue weighted by atomic mass is 16.5. The van der Waals surface area contributed by atoms with Crippen LogP contribution in [0.2, 0.25) is 0 Å². The second-order valence-electron chi connectivity index (χ2n) is 19.7. The molecule has 0 fully saturated rings. The Bertz CT molecular complexity index is 3860. The van der Waals surface area contributed by atoms with E-state index in [0.29, 0.717) is 0 Å². The first-order chi connectivity index (χ1) is 34.2. The van der Waals surface area contributed by atoms with Crippen LogP contribution in [-0.4, -0.2) is 0 Å². The highest BCUT2D eigenvalue weighted by Gasteiger charge is 2.53. The zero-order valence-electron chi connectivity index (χ0n) is 37.7. The van der Waals surface area contributed by atoms with Crippen LogP contribution in [0.15, 0.2) is 242 Å². The van der Waals surface area contributed by atoms with Crippen molar-refractivity contribution in [3.63, 3.8) is 0 Å². The topological polar surface area (TPSA) is 9.23 Å². The van der Waals surface area contributed by atoms with Gasteiger partial charge < -0.3 is 4.74 Å². The van der Waals surface area contributed by atoms with Crippen molar-refractivity contribution in [1.29, 1.82) is 0 Å². The molecule has 5 aliphatic carbocycles. The summed E-state index contributed by atoms with van der Waals surface area (Å²) in [6, 6.07) is 84.6. The van der Waals surface area contributed by atoms with Crippen LogP contribution in [-0.2, 0) is 10.8 Å². The summed E-state index contributed by atoms with van der Waals surface area (Å²) in [4.78, 5) is 0. The third-order valence-electron chi connectivity index (χ3n) is 16.7. The number of rotatable bonds is 2. The monoisotopic (exact) mass is 874 g/mol. The van der Waals surface area contributed by atoms with Crippen LogP contribution in [0.4, 0.5) is 0 Å². The van der Waals surface area contributed by atoms with Gasteiger partial charge in [-0.25, -0.2) is 0 Å². The predicted octanol–water partition coefficient (Wildman–Crippen LogP) is 16.6. The van der Waals surface area contributed by atoms with E-state index in [1.807, 2.05) is 0 Å². The predicted molar refractivity (Wildman–Crippen MR) is 280 cm³/mol. The van der Waals surface area contributed by atoms with E-state index < -0.39 is 5.41 Å². The Balaban J connectivity index is 0.817. The van der Waals surface area contributed by atoms with E-state index in [4.69, 9.17) is 4.74 Å². The molecule has 6 aliphatic rings. The van der Waals surface area contributed by atoms with Gasteiger partial charge in [-0.2, -0.15) is 0 Å². The summed E-state index contributed by atoms with van der Waals surface area (Å²) in [6.07, 6.45) is 5.68. The Morgan fingerprint density at radius 2 is 0.710 bits per heavy atom. The molecule has 1 unspecified atom stereocenters. The fraction of sp³-hybridized carbons (Fsp3) is 0.0588. The SMILES string of the molecule is C1=C2Oc3ccc(-c4ccc5c(c4)C4(c6ccccc6-c6ccccc64)c4ccccc4-5)cc3-c3ccccc3C2=CC(c2ccc3c(c2)C2(c4ccccc4-c4ccccc42)c2ccccc2-3)C1. The van der Waals surface area contributed by atoms with Crippen molar-refractivity contribution in [2.45, 2.75) is 23.2 Å². The molecule has 10 aromatic rings. The molecule has 2 spiro atoms. The zero-order valence-corrected chi connectivity index (χ0v) is 37.7. The fourth-order valence-electron chi connectivity index (χ4n) is 13.9. The van der Waals surface area contributed by atoms with Gasteiger partial charge in [0.05, 0.1) is 10.8 Å². The summed E-state index contributed by atoms with van der Waals surface area (Å²) in [7, 11) is 0. The molecule has 16 rings (SSSR count). The molecule has 0 bridgehead atoms. The highest BCUT2D eigenvalue weighted by Crippen LogP contribution is 2.65. The average Bonchev–Trinajstić information content (AvgIpc) is 4.07. The standard InChI is InChI=1S/C68H42O/c1-2-16-46-45(15-1)55-37-41(43-29-33-53-51-21-7-13-27-61(51)67(63(53)39-43)57-23-9-3-17-47(57)48-18-4-10-24-58(48)67)31-35-65(55)69-66-36-32-42(38-56(46)66)44-30-34-54-52-22-8-14-28-62(52)68(64(54)40-44)59-25-11-5-19-49(59)50-20-6-12-26-60(50)68/h1-31,33-40,42H,32H2. The lowest BCUT2D eigenvalue weighted by molar-refractivity contribution is 0.446. The first-order valence-electron chi connectivity index (χ1n) is 24.4. The summed E-state index contributed by atoms with van der Waals surface area (Å²) >= 11 is 0. The zero-order chi connectivity index (χ0) is 45.0. The van der Waals surface area contributed by atoms with Crippen molar-refractivity contribution in [3.05, 3.63) is 298 Å². The van der Waals surface area contributed by atoms with Crippen molar-refractivity contribution >= 4 is 5.57 Å². The van der Waals surface area contributed by atoms with E-state index >= 15 is 0 Å². The first-order valence-corrected chi connectivity index (χ1v) is 24.4. The fourth-order valence-corrected chi connectivity index (χ4v) is 13.9. The third-order valence-corrected chi connectivity index (χ3v) is 16.7. The van der Waals surface area contributed by atoms with Crippen LogP contribution >= 0.6 is 0 Å². The van der Waals surface area contributed by atoms with Crippen molar-refractivity contribution in [2.75, 3.05) is 0 Å². The molecule has 0 saturated heterocycles. The normalized spacial score (nSPS) is 16.7. The molecule has 1 aliphatic heterocycles. The van der Waals surface area contributed by atoms with E-state index in [0.717, 1.165) is 29.1 Å². The van der Waals surface area contributed by atoms with E-state index in [2.05, 4.69) is 237 Å². The largest absolute Gasteiger partial charge is 0.456 e. The molecule has 10 aromatic carbocycles. The van der Waals surface area contributed by atoms with Crippen molar-refractivity contribution in [1.82, 2.24) is 0 Å². The van der Waals surface area contributed by atoms with E-state index in [9.17, 15) is 0 Å². The van der Waals surface area contributed by atoms with Gasteiger partial charge >= 0.3 is 0 Å². The highest BCUT2D eigenvalue weighted by molar-refractivity contribution is 5.99. The first kappa shape index (κ1) is 37.6. The van der Waals surface area contributed by atoms with Crippen LogP contribution < -0.4 is 4.74 Å². The summed E-state index contributed by atoms with van der Waals surface area (Å²) in [5.74, 6) is 1.99. The quantitative estimate of drug-likeness (QED) is 0.168. The number of hydrogen-bond donors (Lipinski definition) is 0. The molecule has 0 N–H and O–H groups in total.